The van der Waals surface area contributed by atoms with Gasteiger partial charge in [0.25, 0.3) is 0 Å². The number of carbonyl (C=O) groups is 1. The van der Waals surface area contributed by atoms with Crippen LogP contribution < -0.4 is 16.4 Å². The van der Waals surface area contributed by atoms with Gasteiger partial charge in [0.2, 0.25) is 5.89 Å². The van der Waals surface area contributed by atoms with Crippen LogP contribution in [0.3, 0.4) is 0 Å². The molecule has 0 amide bonds. The Kier molecular flexibility index (Phi) is 8.25. The summed E-state index contributed by atoms with van der Waals surface area (Å²) in [6, 6.07) is 11.0. The highest BCUT2D eigenvalue weighted by Crippen LogP contribution is 2.33. The van der Waals surface area contributed by atoms with Crippen LogP contribution in [-0.2, 0) is 4.79 Å². The van der Waals surface area contributed by atoms with Gasteiger partial charge in [-0.3, -0.25) is 4.68 Å². The van der Waals surface area contributed by atoms with E-state index in [4.69, 9.17) is 20.1 Å². The summed E-state index contributed by atoms with van der Waals surface area (Å²) in [6.07, 6.45) is 2.55. The molecule has 5 aromatic rings. The van der Waals surface area contributed by atoms with Gasteiger partial charge in [-0.1, -0.05) is 6.07 Å². The Morgan fingerprint density at radius 3 is 2.44 bits per heavy atom. The maximum Gasteiger partial charge on any atom is 0.490 e. The normalized spacial score (nSPS) is 13.9. The first-order valence-corrected chi connectivity index (χ1v) is 12.9. The number of nitrogen functional groups attached to an aromatic ring is 1. The third-order valence-electron chi connectivity index (χ3n) is 6.63. The number of benzene rings is 2. The average molecular weight is 602 g/mol. The molecule has 0 atom stereocenters. The van der Waals surface area contributed by atoms with E-state index in [-0.39, 0.29) is 11.5 Å². The minimum atomic E-state index is -5.08. The number of nitrogens with two attached hydrogens (primary N) is 1. The molecule has 2 aromatic carbocycles. The van der Waals surface area contributed by atoms with Crippen LogP contribution in [0.2, 0.25) is 0 Å². The number of para-hydroxylation sites is 1. The van der Waals surface area contributed by atoms with E-state index in [0.29, 0.717) is 34.3 Å². The second-order valence-electron chi connectivity index (χ2n) is 9.57. The van der Waals surface area contributed by atoms with Gasteiger partial charge in [-0.15, -0.1) is 0 Å². The highest BCUT2D eigenvalue weighted by molar-refractivity contribution is 5.83. The molecule has 43 heavy (non-hydrogen) atoms. The number of aromatic nitrogens is 4. The molecule has 10 nitrogen and oxygen atoms in total. The minimum absolute atomic E-state index is 0.234. The number of nitrogens with zero attached hydrogens (tertiary/aromatic N) is 4. The van der Waals surface area contributed by atoms with E-state index in [1.54, 1.807) is 24.4 Å². The number of fused-ring (bicyclic) bond motifs is 1. The Morgan fingerprint density at radius 2 is 1.77 bits per heavy atom. The lowest BCUT2D eigenvalue weighted by Crippen LogP contribution is -2.29. The Bertz CT molecular complexity index is 1740. The van der Waals surface area contributed by atoms with Crippen molar-refractivity contribution in [1.29, 1.82) is 0 Å². The summed E-state index contributed by atoms with van der Waals surface area (Å²) in [5.41, 5.74) is 9.74. The standard InChI is InChI=1S/C26H23F2N7O.C2HF3O2/c27-20-2-1-3-21(28)24(20)33-17-4-5-22-23(11-17)36-26(34-22)19-10-15(12-31-25(19)29)16-13-32-35(14-16)18-6-8-30-9-7-18;3-2(4,5)1(6)7/h1-5,10-14,18,30,33H,6-9H2,(H2,29,31);(H,6,7). The van der Waals surface area contributed by atoms with Crippen LogP contribution in [0.5, 0.6) is 0 Å². The molecule has 15 heteroatoms. The summed E-state index contributed by atoms with van der Waals surface area (Å²) >= 11 is 0. The molecular weight excluding hydrogens is 577 g/mol. The average Bonchev–Trinajstić information content (AvgIpc) is 3.63. The molecule has 1 aliphatic rings. The van der Waals surface area contributed by atoms with Crippen LogP contribution in [0.1, 0.15) is 18.9 Å². The molecular formula is C28H24F5N7O3. The molecule has 1 saturated heterocycles. The number of piperidine rings is 1. The number of pyridine rings is 1. The van der Waals surface area contributed by atoms with Crippen LogP contribution >= 0.6 is 0 Å². The predicted octanol–water partition coefficient (Wildman–Crippen LogP) is 5.92. The van der Waals surface area contributed by atoms with Crippen LogP contribution in [-0.4, -0.2) is 50.1 Å². The number of hydrogen-bond donors (Lipinski definition) is 4. The van der Waals surface area contributed by atoms with Crippen LogP contribution in [0.4, 0.5) is 39.1 Å². The van der Waals surface area contributed by atoms with E-state index in [1.807, 2.05) is 23.1 Å². The minimum Gasteiger partial charge on any atom is -0.475 e. The quantitative estimate of drug-likeness (QED) is 0.181. The fourth-order valence-electron chi connectivity index (χ4n) is 4.44. The number of oxazole rings is 1. The second kappa shape index (κ2) is 12.1. The Balaban J connectivity index is 0.000000472. The molecule has 0 bridgehead atoms. The van der Waals surface area contributed by atoms with Gasteiger partial charge in [-0.25, -0.2) is 23.5 Å². The molecule has 0 aliphatic carbocycles. The summed E-state index contributed by atoms with van der Waals surface area (Å²) in [6.45, 7) is 1.97. The highest BCUT2D eigenvalue weighted by Gasteiger charge is 2.38. The summed E-state index contributed by atoms with van der Waals surface area (Å²) in [4.78, 5) is 17.8. The lowest BCUT2D eigenvalue weighted by Gasteiger charge is -2.22. The lowest BCUT2D eigenvalue weighted by atomic mass is 10.1. The predicted molar refractivity (Wildman–Crippen MR) is 147 cm³/mol. The first kappa shape index (κ1) is 29.4. The van der Waals surface area contributed by atoms with Crippen molar-refractivity contribution in [1.82, 2.24) is 25.1 Å². The number of carboxylic acids is 1. The van der Waals surface area contributed by atoms with Crippen molar-refractivity contribution in [2.45, 2.75) is 25.1 Å². The smallest absolute Gasteiger partial charge is 0.475 e. The van der Waals surface area contributed by atoms with E-state index in [0.717, 1.165) is 37.1 Å². The molecule has 0 radical (unpaired) electrons. The van der Waals surface area contributed by atoms with E-state index in [2.05, 4.69) is 25.7 Å². The molecule has 1 aliphatic heterocycles. The first-order chi connectivity index (χ1) is 20.5. The topological polar surface area (TPSA) is 144 Å². The lowest BCUT2D eigenvalue weighted by molar-refractivity contribution is -0.192. The molecule has 0 saturated carbocycles. The van der Waals surface area contributed by atoms with Gasteiger partial charge in [-0.05, 0) is 56.3 Å². The number of hydrogen-bond acceptors (Lipinski definition) is 8. The Labute approximate surface area is 240 Å². The number of carboxylic acid groups (broad SMARTS) is 1. The molecule has 5 N–H and O–H groups in total. The van der Waals surface area contributed by atoms with Crippen molar-refractivity contribution in [3.63, 3.8) is 0 Å². The van der Waals surface area contributed by atoms with Gasteiger partial charge >= 0.3 is 12.1 Å². The van der Waals surface area contributed by atoms with Crippen LogP contribution in [0, 0.1) is 11.6 Å². The molecule has 3 aromatic heterocycles. The summed E-state index contributed by atoms with van der Waals surface area (Å²) in [5.74, 6) is -3.55. The first-order valence-electron chi connectivity index (χ1n) is 12.9. The maximum atomic E-state index is 14.0. The van der Waals surface area contributed by atoms with Crippen molar-refractivity contribution in [2.24, 2.45) is 0 Å². The maximum absolute atomic E-state index is 14.0. The third-order valence-corrected chi connectivity index (χ3v) is 6.63. The SMILES string of the molecule is Nc1ncc(-c2cnn(C3CCNCC3)c2)cc1-c1nc2ccc(Nc3c(F)cccc3F)cc2o1.O=C(O)C(F)(F)F. The molecule has 1 fully saturated rings. The number of aliphatic carboxylic acids is 1. The number of halogens is 5. The Morgan fingerprint density at radius 1 is 1.07 bits per heavy atom. The van der Waals surface area contributed by atoms with Gasteiger partial charge < -0.3 is 25.9 Å². The van der Waals surface area contributed by atoms with E-state index in [9.17, 15) is 22.0 Å². The fraction of sp³-hybridized carbons (Fsp3) is 0.214. The second-order valence-corrected chi connectivity index (χ2v) is 9.57. The highest BCUT2D eigenvalue weighted by atomic mass is 19.4. The van der Waals surface area contributed by atoms with Crippen LogP contribution in [0.25, 0.3) is 33.7 Å². The van der Waals surface area contributed by atoms with Gasteiger partial charge in [0.05, 0.1) is 17.8 Å². The van der Waals surface area contributed by atoms with Crippen molar-refractivity contribution < 1.29 is 36.3 Å². The molecule has 0 unspecified atom stereocenters. The number of anilines is 3. The fourth-order valence-corrected chi connectivity index (χ4v) is 4.44. The summed E-state index contributed by atoms with van der Waals surface area (Å²) < 4.78 is 67.8. The number of alkyl halides is 3. The molecule has 6 rings (SSSR count). The number of rotatable bonds is 5. The van der Waals surface area contributed by atoms with Crippen molar-refractivity contribution >= 4 is 34.3 Å². The molecule has 0 spiro atoms. The van der Waals surface area contributed by atoms with Gasteiger partial charge in [0, 0.05) is 35.3 Å². The van der Waals surface area contributed by atoms with Crippen molar-refractivity contribution in [3.05, 3.63) is 72.7 Å². The third kappa shape index (κ3) is 6.72. The number of nitrogens with one attached hydrogen (secondary N) is 2. The zero-order valence-electron chi connectivity index (χ0n) is 22.2. The van der Waals surface area contributed by atoms with Crippen molar-refractivity contribution in [2.75, 3.05) is 24.1 Å². The zero-order chi connectivity index (χ0) is 30.7. The monoisotopic (exact) mass is 601 g/mol. The zero-order valence-corrected chi connectivity index (χ0v) is 22.2. The van der Waals surface area contributed by atoms with E-state index in [1.165, 1.54) is 18.2 Å². The van der Waals surface area contributed by atoms with Crippen molar-refractivity contribution in [3.8, 4) is 22.6 Å². The largest absolute Gasteiger partial charge is 0.490 e. The van der Waals surface area contributed by atoms with Crippen LogP contribution in [0.15, 0.2) is 65.5 Å². The molecule has 224 valence electrons. The Hall–Kier alpha value is -5.05. The van der Waals surface area contributed by atoms with E-state index < -0.39 is 23.8 Å². The summed E-state index contributed by atoms with van der Waals surface area (Å²) in [7, 11) is 0. The summed E-state index contributed by atoms with van der Waals surface area (Å²) in [5, 5.41) is 17.8. The van der Waals surface area contributed by atoms with Gasteiger partial charge in [0.1, 0.15) is 28.7 Å². The van der Waals surface area contributed by atoms with Gasteiger partial charge in [0.15, 0.2) is 5.58 Å². The van der Waals surface area contributed by atoms with E-state index >= 15 is 0 Å². The molecule has 4 heterocycles. The van der Waals surface area contributed by atoms with Gasteiger partial charge in [-0.2, -0.15) is 18.3 Å².